The summed E-state index contributed by atoms with van der Waals surface area (Å²) in [6.45, 7) is 0.319. The second kappa shape index (κ2) is 10.5. The van der Waals surface area contributed by atoms with Crippen LogP contribution in [0, 0.1) is 5.82 Å². The van der Waals surface area contributed by atoms with Crippen molar-refractivity contribution in [2.45, 2.75) is 17.7 Å². The van der Waals surface area contributed by atoms with Gasteiger partial charge in [-0.1, -0.05) is 12.1 Å². The molecule has 0 unspecified atom stereocenters. The van der Waals surface area contributed by atoms with Gasteiger partial charge in [0.25, 0.3) is 11.1 Å². The molecule has 28 heavy (non-hydrogen) atoms. The molecule has 2 aromatic carbocycles. The number of benzene rings is 2. The van der Waals surface area contributed by atoms with Crippen LogP contribution in [-0.4, -0.2) is 42.6 Å². The highest BCUT2D eigenvalue weighted by molar-refractivity contribution is 8.13. The Labute approximate surface area is 167 Å². The summed E-state index contributed by atoms with van der Waals surface area (Å²) in [5.41, 5.74) is 0.936. The summed E-state index contributed by atoms with van der Waals surface area (Å²) in [6.07, 6.45) is 0.662. The van der Waals surface area contributed by atoms with Gasteiger partial charge in [0, 0.05) is 37.5 Å². The van der Waals surface area contributed by atoms with Gasteiger partial charge in [-0.2, -0.15) is 0 Å². The molecule has 8 heteroatoms. The van der Waals surface area contributed by atoms with E-state index in [1.54, 1.807) is 38.4 Å². The number of carbonyl (C=O) groups excluding carboxylic acids is 3. The van der Waals surface area contributed by atoms with Gasteiger partial charge < -0.3 is 15.5 Å². The molecule has 2 rings (SSSR count). The largest absolute Gasteiger partial charge is 0.352 e. The van der Waals surface area contributed by atoms with Gasteiger partial charge in [-0.15, -0.1) is 0 Å². The molecule has 0 saturated heterocycles. The first-order valence-corrected chi connectivity index (χ1v) is 9.50. The number of nitrogens with zero attached hydrogens (tertiary/aromatic N) is 1. The number of para-hydroxylation sites is 1. The Morgan fingerprint density at radius 2 is 1.71 bits per heavy atom. The van der Waals surface area contributed by atoms with E-state index in [9.17, 15) is 18.8 Å². The van der Waals surface area contributed by atoms with E-state index in [2.05, 4.69) is 10.6 Å². The maximum absolute atomic E-state index is 12.9. The number of carbonyl (C=O) groups is 3. The minimum atomic E-state index is -0.404. The van der Waals surface area contributed by atoms with Gasteiger partial charge in [0.15, 0.2) is 0 Å². The summed E-state index contributed by atoms with van der Waals surface area (Å²) in [5.74, 6) is -0.926. The van der Waals surface area contributed by atoms with Gasteiger partial charge in [0.1, 0.15) is 5.82 Å². The van der Waals surface area contributed by atoms with Crippen molar-refractivity contribution in [3.8, 4) is 0 Å². The van der Waals surface area contributed by atoms with E-state index < -0.39 is 5.82 Å². The number of amides is 3. The highest BCUT2D eigenvalue weighted by Crippen LogP contribution is 2.28. The van der Waals surface area contributed by atoms with E-state index in [1.807, 2.05) is 0 Å². The van der Waals surface area contributed by atoms with Gasteiger partial charge >= 0.3 is 0 Å². The first kappa shape index (κ1) is 21.4. The van der Waals surface area contributed by atoms with Crippen LogP contribution >= 0.6 is 11.8 Å². The average Bonchev–Trinajstić information content (AvgIpc) is 2.67. The van der Waals surface area contributed by atoms with Crippen LogP contribution in [0.4, 0.5) is 14.9 Å². The Morgan fingerprint density at radius 3 is 2.39 bits per heavy atom. The van der Waals surface area contributed by atoms with Crippen molar-refractivity contribution >= 4 is 34.5 Å². The second-order valence-electron chi connectivity index (χ2n) is 6.17. The van der Waals surface area contributed by atoms with Gasteiger partial charge in [-0.25, -0.2) is 4.39 Å². The maximum atomic E-state index is 12.9. The predicted molar refractivity (Wildman–Crippen MR) is 108 cm³/mol. The van der Waals surface area contributed by atoms with Crippen molar-refractivity contribution in [3.05, 3.63) is 59.9 Å². The highest BCUT2D eigenvalue weighted by Gasteiger charge is 2.12. The first-order chi connectivity index (χ1) is 13.4. The van der Waals surface area contributed by atoms with Crippen molar-refractivity contribution in [2.24, 2.45) is 0 Å². The Morgan fingerprint density at radius 1 is 1.04 bits per heavy atom. The molecule has 0 aliphatic carbocycles. The third kappa shape index (κ3) is 6.70. The fourth-order valence-electron chi connectivity index (χ4n) is 2.21. The molecule has 0 fully saturated rings. The lowest BCUT2D eigenvalue weighted by molar-refractivity contribution is -0.116. The van der Waals surface area contributed by atoms with Gasteiger partial charge in [0.2, 0.25) is 5.91 Å². The minimum absolute atomic E-state index is 0.134. The summed E-state index contributed by atoms with van der Waals surface area (Å²) in [4.78, 5) is 38.1. The van der Waals surface area contributed by atoms with Crippen molar-refractivity contribution in [1.29, 1.82) is 0 Å². The van der Waals surface area contributed by atoms with Gasteiger partial charge in [-0.3, -0.25) is 14.4 Å². The van der Waals surface area contributed by atoms with Crippen LogP contribution in [0.2, 0.25) is 0 Å². The van der Waals surface area contributed by atoms with Crippen LogP contribution in [0.3, 0.4) is 0 Å². The van der Waals surface area contributed by atoms with Gasteiger partial charge in [-0.05, 0) is 54.6 Å². The van der Waals surface area contributed by atoms with Crippen LogP contribution in [0.25, 0.3) is 0 Å². The van der Waals surface area contributed by atoms with E-state index in [-0.39, 0.29) is 23.5 Å². The topological polar surface area (TPSA) is 78.5 Å². The SMILES string of the molecule is CN(C)C(=O)Sc1ccccc1NC(=O)CCCNC(=O)c1ccc(F)cc1. The molecule has 148 valence electrons. The van der Waals surface area contributed by atoms with E-state index in [4.69, 9.17) is 0 Å². The Kier molecular flexibility index (Phi) is 8.01. The van der Waals surface area contributed by atoms with E-state index in [1.165, 1.54) is 29.2 Å². The van der Waals surface area contributed by atoms with E-state index in [0.29, 0.717) is 29.1 Å². The standard InChI is InChI=1S/C20H22FN3O3S/c1-24(2)20(27)28-17-7-4-3-6-16(17)23-18(25)8-5-13-22-19(26)14-9-11-15(21)12-10-14/h3-4,6-7,9-12H,5,8,13H2,1-2H3,(H,22,26)(H,23,25). The highest BCUT2D eigenvalue weighted by atomic mass is 32.2. The summed E-state index contributed by atoms with van der Waals surface area (Å²) in [6, 6.07) is 12.3. The summed E-state index contributed by atoms with van der Waals surface area (Å²) in [7, 11) is 3.33. The fourth-order valence-corrected chi connectivity index (χ4v) is 2.96. The van der Waals surface area contributed by atoms with Crippen molar-refractivity contribution in [1.82, 2.24) is 10.2 Å². The van der Waals surface area contributed by atoms with Crippen LogP contribution in [-0.2, 0) is 4.79 Å². The smallest absolute Gasteiger partial charge is 0.286 e. The number of rotatable bonds is 7. The normalized spacial score (nSPS) is 10.2. The average molecular weight is 403 g/mol. The van der Waals surface area contributed by atoms with Crippen LogP contribution in [0.5, 0.6) is 0 Å². The van der Waals surface area contributed by atoms with Crippen molar-refractivity contribution in [2.75, 3.05) is 26.0 Å². The van der Waals surface area contributed by atoms with Crippen LogP contribution in [0.1, 0.15) is 23.2 Å². The number of nitrogens with one attached hydrogen (secondary N) is 2. The molecular weight excluding hydrogens is 381 g/mol. The number of anilines is 1. The lowest BCUT2D eigenvalue weighted by Crippen LogP contribution is -2.25. The number of halogens is 1. The molecule has 0 aliphatic heterocycles. The molecule has 0 atom stereocenters. The Hall–Kier alpha value is -2.87. The Bertz CT molecular complexity index is 841. The van der Waals surface area contributed by atoms with Crippen LogP contribution in [0.15, 0.2) is 53.4 Å². The molecule has 0 heterocycles. The maximum Gasteiger partial charge on any atom is 0.286 e. The molecule has 2 aromatic rings. The molecule has 6 nitrogen and oxygen atoms in total. The van der Waals surface area contributed by atoms with E-state index in [0.717, 1.165) is 11.8 Å². The minimum Gasteiger partial charge on any atom is -0.352 e. The number of hydrogen-bond acceptors (Lipinski definition) is 4. The van der Waals surface area contributed by atoms with Crippen molar-refractivity contribution < 1.29 is 18.8 Å². The molecule has 0 radical (unpaired) electrons. The molecule has 0 spiro atoms. The number of hydrogen-bond donors (Lipinski definition) is 2. The quantitative estimate of drug-likeness (QED) is 0.545. The predicted octanol–water partition coefficient (Wildman–Crippen LogP) is 3.75. The summed E-state index contributed by atoms with van der Waals surface area (Å²) in [5, 5.41) is 5.35. The molecular formula is C20H22FN3O3S. The second-order valence-corrected chi connectivity index (χ2v) is 7.17. The molecule has 0 bridgehead atoms. The zero-order chi connectivity index (χ0) is 20.5. The first-order valence-electron chi connectivity index (χ1n) is 8.68. The molecule has 0 aliphatic rings. The third-order valence-electron chi connectivity index (χ3n) is 3.70. The van der Waals surface area contributed by atoms with Crippen LogP contribution < -0.4 is 10.6 Å². The van der Waals surface area contributed by atoms with Gasteiger partial charge in [0.05, 0.1) is 5.69 Å². The molecule has 3 amide bonds. The molecule has 0 aromatic heterocycles. The lowest BCUT2D eigenvalue weighted by atomic mass is 10.2. The Balaban J connectivity index is 1.79. The molecule has 0 saturated carbocycles. The zero-order valence-electron chi connectivity index (χ0n) is 15.7. The van der Waals surface area contributed by atoms with E-state index >= 15 is 0 Å². The molecule has 2 N–H and O–H groups in total. The fraction of sp³-hybridized carbons (Fsp3) is 0.250. The summed E-state index contributed by atoms with van der Waals surface area (Å²) < 4.78 is 12.9. The van der Waals surface area contributed by atoms with Crippen molar-refractivity contribution in [3.63, 3.8) is 0 Å². The zero-order valence-corrected chi connectivity index (χ0v) is 16.5. The summed E-state index contributed by atoms with van der Waals surface area (Å²) >= 11 is 1.04. The lowest BCUT2D eigenvalue weighted by Gasteiger charge is -2.13. The monoisotopic (exact) mass is 403 g/mol. The third-order valence-corrected chi connectivity index (χ3v) is 4.81. The number of thioether (sulfide) groups is 1.